The van der Waals surface area contributed by atoms with Gasteiger partial charge in [-0.05, 0) is 0 Å². The molecule has 198 valence electrons. The normalized spacial score (nSPS) is 11.9. The van der Waals surface area contributed by atoms with Crippen molar-refractivity contribution in [1.82, 2.24) is 0 Å². The Morgan fingerprint density at radius 3 is 1.89 bits per heavy atom. The van der Waals surface area contributed by atoms with E-state index in [4.69, 9.17) is 14.2 Å². The van der Waals surface area contributed by atoms with Crippen molar-refractivity contribution < 1.29 is 23.8 Å². The predicted octanol–water partition coefficient (Wildman–Crippen LogP) is 7.91. The number of aryl methyl sites for hydroxylation is 1. The summed E-state index contributed by atoms with van der Waals surface area (Å²) in [4.78, 5) is 24.4. The Hall–Kier alpha value is -1.50. The van der Waals surface area contributed by atoms with E-state index in [0.29, 0.717) is 17.7 Å². The number of hydrogen-bond donors (Lipinski definition) is 0. The van der Waals surface area contributed by atoms with E-state index in [1.165, 1.54) is 69.6 Å². The van der Waals surface area contributed by atoms with Gasteiger partial charge >= 0.3 is 218 Å². The number of methoxy groups -OCH3 is 3. The Kier molecular flexibility index (Phi) is 15.4. The molecule has 1 rings (SSSR count). The van der Waals surface area contributed by atoms with Gasteiger partial charge in [0.1, 0.15) is 0 Å². The first-order valence-corrected chi connectivity index (χ1v) is 20.9. The van der Waals surface area contributed by atoms with Gasteiger partial charge in [-0.2, -0.15) is 0 Å². The number of benzene rings is 1. The Balaban J connectivity index is 3.73. The van der Waals surface area contributed by atoms with Crippen LogP contribution in [-0.2, 0) is 14.3 Å². The molecule has 0 amide bonds. The van der Waals surface area contributed by atoms with E-state index >= 15 is 0 Å². The third-order valence-electron chi connectivity index (χ3n) is 6.95. The number of allylic oxidation sites excluding steroid dienone is 1. The molecule has 5 nitrogen and oxygen atoms in total. The first-order valence-electron chi connectivity index (χ1n) is 13.4. The Morgan fingerprint density at radius 1 is 0.857 bits per heavy atom. The van der Waals surface area contributed by atoms with Crippen molar-refractivity contribution >= 4 is 33.9 Å². The Labute approximate surface area is 217 Å². The van der Waals surface area contributed by atoms with Crippen LogP contribution in [0.2, 0.25) is 13.3 Å². The van der Waals surface area contributed by atoms with Crippen LogP contribution in [0.4, 0.5) is 0 Å². The van der Waals surface area contributed by atoms with Crippen LogP contribution in [0, 0.1) is 6.92 Å². The van der Waals surface area contributed by atoms with Crippen molar-refractivity contribution in [3.8, 4) is 5.75 Å². The fraction of sp³-hybridized carbons (Fsp3) is 0.655. The zero-order valence-electron chi connectivity index (χ0n) is 23.3. The summed E-state index contributed by atoms with van der Waals surface area (Å²) in [5, 5.41) is 0. The molecule has 1 aromatic rings. The summed E-state index contributed by atoms with van der Waals surface area (Å²) in [6.45, 7) is 8.85. The van der Waals surface area contributed by atoms with E-state index in [1.54, 1.807) is 7.11 Å². The number of rotatable bonds is 17. The molecule has 0 radical (unpaired) electrons. The van der Waals surface area contributed by atoms with Crippen LogP contribution >= 0.6 is 0 Å². The molecule has 6 heteroatoms. The molecule has 0 atom stereocenters. The van der Waals surface area contributed by atoms with Crippen LogP contribution in [0.15, 0.2) is 18.2 Å². The van der Waals surface area contributed by atoms with Gasteiger partial charge in [0.15, 0.2) is 0 Å². The number of carbonyl (C=O) groups excluding carboxylic acids is 2. The van der Waals surface area contributed by atoms with Gasteiger partial charge in [-0.3, -0.25) is 0 Å². The summed E-state index contributed by atoms with van der Waals surface area (Å²) < 4.78 is 21.1. The molecule has 35 heavy (non-hydrogen) atoms. The average molecular weight is 595 g/mol. The summed E-state index contributed by atoms with van der Waals surface area (Å²) in [6.07, 6.45) is 11.8. The van der Waals surface area contributed by atoms with Gasteiger partial charge in [0.25, 0.3) is 0 Å². The van der Waals surface area contributed by atoms with Gasteiger partial charge in [0, 0.05) is 0 Å². The molecule has 0 N–H and O–H groups in total. The predicted molar refractivity (Wildman–Crippen MR) is 148 cm³/mol. The van der Waals surface area contributed by atoms with Gasteiger partial charge < -0.3 is 0 Å². The van der Waals surface area contributed by atoms with Gasteiger partial charge in [-0.1, -0.05) is 0 Å². The molecule has 0 aliphatic rings. The topological polar surface area (TPSA) is 61.8 Å². The van der Waals surface area contributed by atoms with E-state index in [2.05, 4.69) is 32.9 Å². The number of carbonyl (C=O) groups is 2. The molecule has 0 saturated carbocycles. The fourth-order valence-electron chi connectivity index (χ4n) is 5.02. The second kappa shape index (κ2) is 17.0. The quantitative estimate of drug-likeness (QED) is 0.104. The SMILES string of the molecule is CCC[CH2][Sn]([CH2]CCC)([CH2]CCC)/[C](=C/CCCC(=O)OC)c1cc(C)c(OC)c(C(=O)OC)c1. The van der Waals surface area contributed by atoms with Crippen molar-refractivity contribution in [2.45, 2.75) is 98.8 Å². The molecular weight excluding hydrogens is 547 g/mol. The molecule has 0 heterocycles. The molecule has 0 bridgehead atoms. The van der Waals surface area contributed by atoms with E-state index in [1.807, 2.05) is 13.0 Å². The third-order valence-corrected chi connectivity index (χ3v) is 22.8. The van der Waals surface area contributed by atoms with Crippen LogP contribution in [0.1, 0.15) is 100 Å². The molecule has 0 unspecified atom stereocenters. The minimum absolute atomic E-state index is 0.161. The zero-order chi connectivity index (χ0) is 26.3. The van der Waals surface area contributed by atoms with Crippen molar-refractivity contribution in [1.29, 1.82) is 0 Å². The van der Waals surface area contributed by atoms with Gasteiger partial charge in [0.2, 0.25) is 0 Å². The van der Waals surface area contributed by atoms with Crippen molar-refractivity contribution in [3.63, 3.8) is 0 Å². The van der Waals surface area contributed by atoms with E-state index in [9.17, 15) is 9.59 Å². The van der Waals surface area contributed by atoms with Crippen LogP contribution in [0.5, 0.6) is 5.75 Å². The van der Waals surface area contributed by atoms with Gasteiger partial charge in [-0.25, -0.2) is 0 Å². The Morgan fingerprint density at radius 2 is 1.43 bits per heavy atom. The van der Waals surface area contributed by atoms with Gasteiger partial charge in [-0.15, -0.1) is 0 Å². The molecule has 0 fully saturated rings. The molecule has 0 aliphatic heterocycles. The zero-order valence-corrected chi connectivity index (χ0v) is 26.1. The first-order chi connectivity index (χ1) is 16.8. The maximum atomic E-state index is 12.7. The molecule has 0 aliphatic carbocycles. The fourth-order valence-corrected chi connectivity index (χ4v) is 22.1. The van der Waals surface area contributed by atoms with Crippen LogP contribution in [0.3, 0.4) is 0 Å². The molecule has 1 aromatic carbocycles. The maximum absolute atomic E-state index is 12.7. The summed E-state index contributed by atoms with van der Waals surface area (Å²) in [6, 6.07) is 4.20. The molecule has 0 aromatic heterocycles. The number of unbranched alkanes of at least 4 members (excludes halogenated alkanes) is 4. The summed E-state index contributed by atoms with van der Waals surface area (Å²) in [7, 11) is 4.46. The van der Waals surface area contributed by atoms with Crippen LogP contribution < -0.4 is 4.74 Å². The number of hydrogen-bond acceptors (Lipinski definition) is 5. The van der Waals surface area contributed by atoms with E-state index in [0.717, 1.165) is 24.0 Å². The van der Waals surface area contributed by atoms with Crippen molar-refractivity contribution in [2.75, 3.05) is 21.3 Å². The number of esters is 2. The van der Waals surface area contributed by atoms with Crippen LogP contribution in [0.25, 0.3) is 3.59 Å². The molecular formula is C29H48O5Sn. The average Bonchev–Trinajstić information content (AvgIpc) is 2.87. The summed E-state index contributed by atoms with van der Waals surface area (Å²) in [5.41, 5.74) is 2.60. The monoisotopic (exact) mass is 596 g/mol. The molecule has 0 spiro atoms. The van der Waals surface area contributed by atoms with Crippen molar-refractivity contribution in [3.05, 3.63) is 34.9 Å². The second-order valence-corrected chi connectivity index (χ2v) is 22.7. The van der Waals surface area contributed by atoms with Gasteiger partial charge in [0.05, 0.1) is 0 Å². The Bertz CT molecular complexity index is 809. The second-order valence-electron chi connectivity index (χ2n) is 9.54. The van der Waals surface area contributed by atoms with Crippen LogP contribution in [-0.4, -0.2) is 51.6 Å². The summed E-state index contributed by atoms with van der Waals surface area (Å²) >= 11 is -2.86. The standard InChI is InChI=1S/C17H21O5.3C4H9.Sn/c1-12-10-13(8-6-5-7-9-15(18)20-2)11-14(16(12)21-3)17(19)22-4;3*1-3-4-2;/h6,10-11H,5,7,9H2,1-4H3;3*1,3-4H2,2H3;. The minimum atomic E-state index is -2.86. The van der Waals surface area contributed by atoms with E-state index in [-0.39, 0.29) is 11.9 Å². The molecule has 0 saturated heterocycles. The van der Waals surface area contributed by atoms with E-state index < -0.39 is 18.4 Å². The third kappa shape index (κ3) is 9.47. The number of ether oxygens (including phenoxy) is 3. The first kappa shape index (κ1) is 31.5. The summed E-state index contributed by atoms with van der Waals surface area (Å²) in [5.74, 6) is 0.0568. The van der Waals surface area contributed by atoms with Crippen molar-refractivity contribution in [2.24, 2.45) is 0 Å².